The molecular weight excluding hydrogens is 379 g/mol. The fourth-order valence-corrected chi connectivity index (χ4v) is 4.74. The van der Waals surface area contributed by atoms with Gasteiger partial charge in [0, 0.05) is 4.88 Å². The molecule has 2 heterocycles. The first-order chi connectivity index (χ1) is 13.5. The summed E-state index contributed by atoms with van der Waals surface area (Å²) in [5.74, 6) is -0.152. The number of halogens is 1. The summed E-state index contributed by atoms with van der Waals surface area (Å²) in [4.78, 5) is 31.4. The van der Waals surface area contributed by atoms with Gasteiger partial charge in [0.25, 0.3) is 11.5 Å². The van der Waals surface area contributed by atoms with E-state index in [0.717, 1.165) is 29.7 Å². The molecule has 8 heteroatoms. The zero-order valence-electron chi connectivity index (χ0n) is 15.3. The van der Waals surface area contributed by atoms with Crippen LogP contribution in [0.3, 0.4) is 0 Å². The molecule has 1 aliphatic carbocycles. The number of aryl methyl sites for hydroxylation is 1. The molecule has 0 radical (unpaired) electrons. The first kappa shape index (κ1) is 18.5. The van der Waals surface area contributed by atoms with Gasteiger partial charge in [-0.25, -0.2) is 14.8 Å². The summed E-state index contributed by atoms with van der Waals surface area (Å²) >= 11 is 1.58. The maximum Gasteiger partial charge on any atom is 0.262 e. The van der Waals surface area contributed by atoms with E-state index in [0.29, 0.717) is 16.9 Å². The van der Waals surface area contributed by atoms with E-state index in [4.69, 9.17) is 0 Å². The van der Waals surface area contributed by atoms with Gasteiger partial charge in [-0.05, 0) is 48.4 Å². The molecule has 3 aromatic rings. The highest BCUT2D eigenvalue weighted by Crippen LogP contribution is 2.35. The van der Waals surface area contributed by atoms with Crippen LogP contribution in [0.15, 0.2) is 40.5 Å². The monoisotopic (exact) mass is 398 g/mol. The molecule has 2 aromatic heterocycles. The Labute approximate surface area is 164 Å². The maximum absolute atomic E-state index is 12.9. The van der Waals surface area contributed by atoms with Crippen LogP contribution in [0.4, 0.5) is 4.39 Å². The second-order valence-corrected chi connectivity index (χ2v) is 8.14. The van der Waals surface area contributed by atoms with Crippen LogP contribution in [0.5, 0.6) is 0 Å². The number of fused-ring (bicyclic) bond motifs is 3. The van der Waals surface area contributed by atoms with Gasteiger partial charge in [0.15, 0.2) is 0 Å². The average Bonchev–Trinajstić information content (AvgIpc) is 3.04. The summed E-state index contributed by atoms with van der Waals surface area (Å²) in [5, 5.41) is 4.50. The number of thiophene rings is 1. The lowest BCUT2D eigenvalue weighted by atomic mass is 9.89. The van der Waals surface area contributed by atoms with E-state index in [9.17, 15) is 14.0 Å². The predicted molar refractivity (Wildman–Crippen MR) is 107 cm³/mol. The molecule has 0 spiro atoms. The van der Waals surface area contributed by atoms with E-state index in [-0.39, 0.29) is 17.9 Å². The zero-order chi connectivity index (χ0) is 19.7. The average molecular weight is 398 g/mol. The van der Waals surface area contributed by atoms with Crippen molar-refractivity contribution in [3.63, 3.8) is 0 Å². The normalized spacial score (nSPS) is 16.4. The Morgan fingerprint density at radius 1 is 1.43 bits per heavy atom. The number of rotatable bonds is 4. The number of benzene rings is 1. The van der Waals surface area contributed by atoms with E-state index in [2.05, 4.69) is 22.4 Å². The van der Waals surface area contributed by atoms with Crippen molar-refractivity contribution in [3.8, 4) is 0 Å². The molecule has 1 N–H and O–H groups in total. The SMILES string of the molecule is C[C@@H]1CCc2c(sc3ncn(CC(=O)NN=Cc4ccc(F)cc4)c(=O)c23)C1. The maximum atomic E-state index is 12.9. The van der Waals surface area contributed by atoms with Crippen molar-refractivity contribution in [2.75, 3.05) is 0 Å². The number of nitrogens with zero attached hydrogens (tertiary/aromatic N) is 3. The van der Waals surface area contributed by atoms with Crippen LogP contribution in [0.2, 0.25) is 0 Å². The first-order valence-electron chi connectivity index (χ1n) is 9.08. The Kier molecular flexibility index (Phi) is 5.04. The summed E-state index contributed by atoms with van der Waals surface area (Å²) < 4.78 is 14.2. The standard InChI is InChI=1S/C20H19FN4O2S/c1-12-2-7-15-16(8-12)28-19-18(15)20(27)25(11-22-19)10-17(26)24-23-9-13-3-5-14(21)6-4-13/h3-6,9,11-12H,2,7-8,10H2,1H3,(H,24,26)/t12-/m1/s1. The number of hydrazone groups is 1. The highest BCUT2D eigenvalue weighted by atomic mass is 32.1. The zero-order valence-corrected chi connectivity index (χ0v) is 16.1. The van der Waals surface area contributed by atoms with Gasteiger partial charge in [0.1, 0.15) is 17.2 Å². The molecule has 144 valence electrons. The third-order valence-electron chi connectivity index (χ3n) is 4.87. The Morgan fingerprint density at radius 3 is 3.00 bits per heavy atom. The molecule has 0 saturated heterocycles. The fourth-order valence-electron chi connectivity index (χ4n) is 3.40. The number of carbonyl (C=O) groups excluding carboxylic acids is 1. The smallest absolute Gasteiger partial charge is 0.262 e. The number of hydrogen-bond donors (Lipinski definition) is 1. The van der Waals surface area contributed by atoms with Crippen LogP contribution < -0.4 is 11.0 Å². The van der Waals surface area contributed by atoms with E-state index < -0.39 is 5.91 Å². The van der Waals surface area contributed by atoms with Gasteiger partial charge in [0.2, 0.25) is 0 Å². The third-order valence-corrected chi connectivity index (χ3v) is 6.03. The molecule has 0 aliphatic heterocycles. The van der Waals surface area contributed by atoms with Crippen molar-refractivity contribution < 1.29 is 9.18 Å². The predicted octanol–water partition coefficient (Wildman–Crippen LogP) is 2.87. The first-order valence-corrected chi connectivity index (χ1v) is 9.90. The minimum Gasteiger partial charge on any atom is -0.289 e. The molecule has 1 aromatic carbocycles. The largest absolute Gasteiger partial charge is 0.289 e. The summed E-state index contributed by atoms with van der Waals surface area (Å²) in [6.07, 6.45) is 5.75. The van der Waals surface area contributed by atoms with Gasteiger partial charge in [-0.2, -0.15) is 5.10 Å². The molecule has 0 unspecified atom stereocenters. The van der Waals surface area contributed by atoms with E-state index >= 15 is 0 Å². The lowest BCUT2D eigenvalue weighted by molar-refractivity contribution is -0.121. The Bertz CT molecular complexity index is 1120. The highest BCUT2D eigenvalue weighted by Gasteiger charge is 2.23. The van der Waals surface area contributed by atoms with Crippen molar-refractivity contribution >= 4 is 33.7 Å². The topological polar surface area (TPSA) is 76.3 Å². The van der Waals surface area contributed by atoms with Crippen molar-refractivity contribution in [1.29, 1.82) is 0 Å². The lowest BCUT2D eigenvalue weighted by Crippen LogP contribution is -2.30. The molecule has 1 amide bonds. The van der Waals surface area contributed by atoms with Crippen LogP contribution in [0, 0.1) is 11.7 Å². The molecule has 0 fully saturated rings. The van der Waals surface area contributed by atoms with E-state index in [1.807, 2.05) is 0 Å². The van der Waals surface area contributed by atoms with Gasteiger partial charge < -0.3 is 0 Å². The van der Waals surface area contributed by atoms with Crippen molar-refractivity contribution in [1.82, 2.24) is 15.0 Å². The van der Waals surface area contributed by atoms with E-state index in [1.165, 1.54) is 34.1 Å². The molecular formula is C20H19FN4O2S. The summed E-state index contributed by atoms with van der Waals surface area (Å²) in [5.41, 5.74) is 3.95. The molecule has 4 rings (SSSR count). The summed E-state index contributed by atoms with van der Waals surface area (Å²) in [7, 11) is 0. The molecule has 28 heavy (non-hydrogen) atoms. The van der Waals surface area contributed by atoms with E-state index in [1.54, 1.807) is 23.5 Å². The van der Waals surface area contributed by atoms with Gasteiger partial charge in [-0.3, -0.25) is 14.2 Å². The number of nitrogens with one attached hydrogen (secondary N) is 1. The molecule has 6 nitrogen and oxygen atoms in total. The van der Waals surface area contributed by atoms with Gasteiger partial charge in [-0.15, -0.1) is 11.3 Å². The van der Waals surface area contributed by atoms with Crippen LogP contribution >= 0.6 is 11.3 Å². The lowest BCUT2D eigenvalue weighted by Gasteiger charge is -2.17. The number of carbonyl (C=O) groups is 1. The van der Waals surface area contributed by atoms with Crippen molar-refractivity contribution in [3.05, 3.63) is 62.8 Å². The molecule has 0 saturated carbocycles. The summed E-state index contributed by atoms with van der Waals surface area (Å²) in [6.45, 7) is 2.05. The van der Waals surface area contributed by atoms with Crippen molar-refractivity contribution in [2.24, 2.45) is 11.0 Å². The van der Waals surface area contributed by atoms with Crippen molar-refractivity contribution in [2.45, 2.75) is 32.7 Å². The Hall–Kier alpha value is -2.87. The second kappa shape index (κ2) is 7.63. The Balaban J connectivity index is 1.50. The number of amides is 1. The number of hydrogen-bond acceptors (Lipinski definition) is 5. The van der Waals surface area contributed by atoms with Crippen LogP contribution in [0.25, 0.3) is 10.2 Å². The second-order valence-electron chi connectivity index (χ2n) is 7.05. The number of aromatic nitrogens is 2. The molecule has 1 aliphatic rings. The van der Waals surface area contributed by atoms with Crippen LogP contribution in [0.1, 0.15) is 29.3 Å². The summed E-state index contributed by atoms with van der Waals surface area (Å²) in [6, 6.07) is 5.72. The minimum atomic E-state index is -0.431. The quantitative estimate of drug-likeness (QED) is 0.542. The molecule has 0 bridgehead atoms. The highest BCUT2D eigenvalue weighted by molar-refractivity contribution is 7.18. The third kappa shape index (κ3) is 3.73. The van der Waals surface area contributed by atoms with Crippen LogP contribution in [-0.2, 0) is 24.2 Å². The molecule has 1 atom stereocenters. The van der Waals surface area contributed by atoms with Gasteiger partial charge in [0.05, 0.1) is 17.9 Å². The fraction of sp³-hybridized carbons (Fsp3) is 0.300. The van der Waals surface area contributed by atoms with Gasteiger partial charge in [-0.1, -0.05) is 19.1 Å². The van der Waals surface area contributed by atoms with Crippen LogP contribution in [-0.4, -0.2) is 21.7 Å². The minimum absolute atomic E-state index is 0.163. The Morgan fingerprint density at radius 2 is 2.21 bits per heavy atom. The van der Waals surface area contributed by atoms with Gasteiger partial charge >= 0.3 is 0 Å².